The van der Waals surface area contributed by atoms with Gasteiger partial charge in [-0.2, -0.15) is 0 Å². The van der Waals surface area contributed by atoms with Crippen LogP contribution >= 0.6 is 15.9 Å². The Kier molecular flexibility index (Phi) is 5.09. The number of aliphatic hydroxyl groups excluding tert-OH is 1. The van der Waals surface area contributed by atoms with Gasteiger partial charge < -0.3 is 10.4 Å². The summed E-state index contributed by atoms with van der Waals surface area (Å²) in [6, 6.07) is 2.24. The van der Waals surface area contributed by atoms with E-state index < -0.39 is 20.7 Å². The van der Waals surface area contributed by atoms with Crippen LogP contribution in [-0.4, -0.2) is 26.2 Å². The van der Waals surface area contributed by atoms with Crippen LogP contribution in [0.1, 0.15) is 13.3 Å². The van der Waals surface area contributed by atoms with Crippen LogP contribution in [-0.2, 0) is 10.0 Å². The number of aliphatic hydroxyl groups is 1. The lowest BCUT2D eigenvalue weighted by atomic mass is 10.2. The van der Waals surface area contributed by atoms with E-state index in [1.165, 1.54) is 6.07 Å². The summed E-state index contributed by atoms with van der Waals surface area (Å²) in [6.45, 7) is 1.68. The van der Waals surface area contributed by atoms with E-state index >= 15 is 0 Å². The second kappa shape index (κ2) is 5.96. The molecule has 0 aliphatic carbocycles. The molecule has 1 unspecified atom stereocenters. The largest absolute Gasteiger partial charge is 0.396 e. The number of nitrogens with two attached hydrogens (primary N) is 1. The van der Waals surface area contributed by atoms with Crippen LogP contribution < -0.4 is 10.5 Å². The van der Waals surface area contributed by atoms with Crippen molar-refractivity contribution in [2.24, 2.45) is 5.14 Å². The van der Waals surface area contributed by atoms with Crippen molar-refractivity contribution in [3.05, 3.63) is 22.4 Å². The van der Waals surface area contributed by atoms with Crippen molar-refractivity contribution in [2.45, 2.75) is 24.3 Å². The monoisotopic (exact) mass is 340 g/mol. The van der Waals surface area contributed by atoms with Gasteiger partial charge in [0.05, 0.1) is 5.69 Å². The Morgan fingerprint density at radius 1 is 1.56 bits per heavy atom. The number of hydrogen-bond donors (Lipinski definition) is 3. The fourth-order valence-electron chi connectivity index (χ4n) is 1.49. The van der Waals surface area contributed by atoms with Crippen LogP contribution in [0.15, 0.2) is 21.5 Å². The Bertz CT molecular complexity index is 536. The predicted molar refractivity (Wildman–Crippen MR) is 70.3 cm³/mol. The van der Waals surface area contributed by atoms with Crippen LogP contribution in [0.4, 0.5) is 10.1 Å². The molecule has 0 aromatic heterocycles. The predicted octanol–water partition coefficient (Wildman–Crippen LogP) is 1.42. The lowest BCUT2D eigenvalue weighted by Crippen LogP contribution is -2.22. The Hall–Kier alpha value is -0.700. The zero-order chi connectivity index (χ0) is 13.9. The standard InChI is InChI=1S/C10H14BrFN2O3S/c1-6(2-3-15)14-9-5-7(11)4-8(12)10(9)18(13,16)17/h4-6,14-15H,2-3H2,1H3,(H2,13,16,17). The third kappa shape index (κ3) is 3.91. The molecule has 0 saturated heterocycles. The minimum Gasteiger partial charge on any atom is -0.396 e. The first kappa shape index (κ1) is 15.4. The van der Waals surface area contributed by atoms with E-state index in [0.717, 1.165) is 6.07 Å². The molecule has 8 heteroatoms. The lowest BCUT2D eigenvalue weighted by Gasteiger charge is -2.17. The maximum atomic E-state index is 13.7. The molecule has 0 saturated carbocycles. The molecule has 0 aliphatic heterocycles. The maximum Gasteiger partial charge on any atom is 0.243 e. The molecule has 0 amide bonds. The van der Waals surface area contributed by atoms with Crippen LogP contribution in [0, 0.1) is 5.82 Å². The highest BCUT2D eigenvalue weighted by Gasteiger charge is 2.21. The number of anilines is 1. The quantitative estimate of drug-likeness (QED) is 0.755. The molecule has 102 valence electrons. The number of nitrogens with one attached hydrogen (secondary N) is 1. The molecule has 4 N–H and O–H groups in total. The first-order valence-corrected chi connectivity index (χ1v) is 7.49. The van der Waals surface area contributed by atoms with Crippen molar-refractivity contribution in [1.82, 2.24) is 0 Å². The molecule has 0 heterocycles. The minimum atomic E-state index is -4.16. The van der Waals surface area contributed by atoms with Gasteiger partial charge in [0.1, 0.15) is 10.7 Å². The first-order chi connectivity index (χ1) is 8.25. The topological polar surface area (TPSA) is 92.4 Å². The van der Waals surface area contributed by atoms with Gasteiger partial charge in [0, 0.05) is 17.1 Å². The van der Waals surface area contributed by atoms with E-state index in [1.54, 1.807) is 6.92 Å². The molecular weight excluding hydrogens is 327 g/mol. The molecule has 0 bridgehead atoms. The highest BCUT2D eigenvalue weighted by molar-refractivity contribution is 9.10. The number of benzene rings is 1. The number of primary sulfonamides is 1. The molecule has 1 aromatic rings. The summed E-state index contributed by atoms with van der Waals surface area (Å²) in [5.41, 5.74) is 0.0744. The molecule has 5 nitrogen and oxygen atoms in total. The van der Waals surface area contributed by atoms with Gasteiger partial charge in [0.15, 0.2) is 0 Å². The summed E-state index contributed by atoms with van der Waals surface area (Å²) in [7, 11) is -4.16. The zero-order valence-corrected chi connectivity index (χ0v) is 12.1. The van der Waals surface area contributed by atoms with Gasteiger partial charge in [-0.25, -0.2) is 17.9 Å². The van der Waals surface area contributed by atoms with Gasteiger partial charge in [-0.3, -0.25) is 0 Å². The maximum absolute atomic E-state index is 13.7. The smallest absolute Gasteiger partial charge is 0.243 e. The van der Waals surface area contributed by atoms with Gasteiger partial charge in [0.25, 0.3) is 0 Å². The second-order valence-corrected chi connectivity index (χ2v) is 6.28. The molecular formula is C10H14BrFN2O3S. The van der Waals surface area contributed by atoms with Crippen LogP contribution in [0.25, 0.3) is 0 Å². The zero-order valence-electron chi connectivity index (χ0n) is 9.65. The average Bonchev–Trinajstić information content (AvgIpc) is 2.13. The van der Waals surface area contributed by atoms with Crippen molar-refractivity contribution in [3.63, 3.8) is 0 Å². The fourth-order valence-corrected chi connectivity index (χ4v) is 2.67. The SMILES string of the molecule is CC(CCO)Nc1cc(Br)cc(F)c1S(N)(=O)=O. The fraction of sp³-hybridized carbons (Fsp3) is 0.400. The van der Waals surface area contributed by atoms with E-state index in [2.05, 4.69) is 21.2 Å². The van der Waals surface area contributed by atoms with Crippen molar-refractivity contribution in [1.29, 1.82) is 0 Å². The summed E-state index contributed by atoms with van der Waals surface area (Å²) in [4.78, 5) is -0.574. The number of hydrogen-bond acceptors (Lipinski definition) is 4. The highest BCUT2D eigenvalue weighted by Crippen LogP contribution is 2.28. The molecule has 0 fully saturated rings. The third-order valence-corrected chi connectivity index (χ3v) is 3.70. The summed E-state index contributed by atoms with van der Waals surface area (Å²) in [5.74, 6) is -0.925. The van der Waals surface area contributed by atoms with Crippen molar-refractivity contribution in [3.8, 4) is 0 Å². The lowest BCUT2D eigenvalue weighted by molar-refractivity contribution is 0.282. The minimum absolute atomic E-state index is 0.0602. The molecule has 0 aliphatic rings. The summed E-state index contributed by atoms with van der Waals surface area (Å²) in [5, 5.41) is 16.6. The second-order valence-electron chi connectivity index (χ2n) is 3.87. The van der Waals surface area contributed by atoms with Gasteiger partial charge in [-0.15, -0.1) is 0 Å². The molecule has 1 aromatic carbocycles. The molecule has 18 heavy (non-hydrogen) atoms. The average molecular weight is 341 g/mol. The van der Waals surface area contributed by atoms with Crippen molar-refractivity contribution in [2.75, 3.05) is 11.9 Å². The Labute approximate surface area is 113 Å². The number of halogens is 2. The van der Waals surface area contributed by atoms with E-state index in [9.17, 15) is 12.8 Å². The van der Waals surface area contributed by atoms with Crippen LogP contribution in [0.3, 0.4) is 0 Å². The third-order valence-electron chi connectivity index (χ3n) is 2.26. The Morgan fingerprint density at radius 3 is 2.67 bits per heavy atom. The number of sulfonamides is 1. The van der Waals surface area contributed by atoms with Crippen LogP contribution in [0.2, 0.25) is 0 Å². The van der Waals surface area contributed by atoms with Gasteiger partial charge >= 0.3 is 0 Å². The van der Waals surface area contributed by atoms with E-state index in [0.29, 0.717) is 10.9 Å². The van der Waals surface area contributed by atoms with Gasteiger partial charge in [-0.05, 0) is 25.5 Å². The highest BCUT2D eigenvalue weighted by atomic mass is 79.9. The van der Waals surface area contributed by atoms with E-state index in [4.69, 9.17) is 10.2 Å². The first-order valence-electron chi connectivity index (χ1n) is 5.15. The summed E-state index contributed by atoms with van der Waals surface area (Å²) >= 11 is 3.08. The molecule has 0 radical (unpaired) electrons. The Balaban J connectivity index is 3.25. The van der Waals surface area contributed by atoms with Crippen molar-refractivity contribution >= 4 is 31.6 Å². The summed E-state index contributed by atoms with van der Waals surface area (Å²) < 4.78 is 36.8. The van der Waals surface area contributed by atoms with E-state index in [-0.39, 0.29) is 18.3 Å². The number of rotatable bonds is 5. The summed E-state index contributed by atoms with van der Waals surface area (Å²) in [6.07, 6.45) is 0.401. The molecule has 1 rings (SSSR count). The van der Waals surface area contributed by atoms with Crippen molar-refractivity contribution < 1.29 is 17.9 Å². The van der Waals surface area contributed by atoms with Crippen LogP contribution in [0.5, 0.6) is 0 Å². The normalized spacial score (nSPS) is 13.4. The Morgan fingerprint density at radius 2 is 2.17 bits per heavy atom. The molecule has 1 atom stereocenters. The van der Waals surface area contributed by atoms with E-state index in [1.807, 2.05) is 0 Å². The molecule has 0 spiro atoms. The van der Waals surface area contributed by atoms with Gasteiger partial charge in [0.2, 0.25) is 10.0 Å². The van der Waals surface area contributed by atoms with Gasteiger partial charge in [-0.1, -0.05) is 15.9 Å².